The van der Waals surface area contributed by atoms with Crippen molar-refractivity contribution < 1.29 is 4.52 Å². The minimum Gasteiger partial charge on any atom is -0.343 e. The fourth-order valence-electron chi connectivity index (χ4n) is 1.72. The van der Waals surface area contributed by atoms with Gasteiger partial charge in [0.05, 0.1) is 6.54 Å². The lowest BCUT2D eigenvalue weighted by Crippen LogP contribution is -2.40. The van der Waals surface area contributed by atoms with Crippen LogP contribution in [0.1, 0.15) is 18.7 Å². The minimum absolute atomic E-state index is 0.602. The Bertz CT molecular complexity index is 254. The number of nitrogens with zero attached hydrogens (tertiary/aromatic N) is 3. The van der Waals surface area contributed by atoms with Crippen LogP contribution in [-0.4, -0.2) is 41.2 Å². The molecule has 0 unspecified atom stereocenters. The number of likely N-dealkylation sites (tertiary alicyclic amines) is 1. The summed E-state index contributed by atoms with van der Waals surface area (Å²) in [6.07, 6.45) is 3.77. The lowest BCUT2D eigenvalue weighted by Gasteiger charge is -2.29. The molecule has 0 radical (unpaired) electrons. The Hall–Kier alpha value is -0.940. The van der Waals surface area contributed by atoms with Crippen LogP contribution in [0.2, 0.25) is 0 Å². The molecule has 78 valence electrons. The molecule has 0 spiro atoms. The van der Waals surface area contributed by atoms with Crippen LogP contribution in [-0.2, 0) is 6.54 Å². The predicted octanol–water partition coefficient (Wildman–Crippen LogP) is 0.253. The quantitative estimate of drug-likeness (QED) is 0.751. The van der Waals surface area contributed by atoms with Gasteiger partial charge < -0.3 is 14.7 Å². The van der Waals surface area contributed by atoms with Crippen LogP contribution in [0.4, 0.5) is 0 Å². The minimum atomic E-state index is 0.602. The van der Waals surface area contributed by atoms with Crippen molar-refractivity contribution in [2.75, 3.05) is 20.1 Å². The second-order valence-corrected chi connectivity index (χ2v) is 3.81. The molecule has 1 fully saturated rings. The van der Waals surface area contributed by atoms with Gasteiger partial charge in [-0.25, -0.2) is 0 Å². The molecule has 14 heavy (non-hydrogen) atoms. The predicted molar refractivity (Wildman–Crippen MR) is 51.7 cm³/mol. The number of piperidine rings is 1. The summed E-state index contributed by atoms with van der Waals surface area (Å²) in [4.78, 5) is 6.32. The standard InChI is InChI=1S/C9H16N4O/c1-13-4-2-8(3-5-13)10-6-9-11-7-14-12-9/h7-8,10H,2-6H2,1H3. The maximum Gasteiger partial charge on any atom is 0.213 e. The van der Waals surface area contributed by atoms with Crippen molar-refractivity contribution in [2.45, 2.75) is 25.4 Å². The molecule has 0 atom stereocenters. The molecule has 0 bridgehead atoms. The van der Waals surface area contributed by atoms with Crippen molar-refractivity contribution in [1.29, 1.82) is 0 Å². The molecule has 0 saturated carbocycles. The highest BCUT2D eigenvalue weighted by Gasteiger charge is 2.16. The molecule has 1 aromatic heterocycles. The summed E-state index contributed by atoms with van der Waals surface area (Å²) in [5, 5.41) is 7.19. The summed E-state index contributed by atoms with van der Waals surface area (Å²) in [5.41, 5.74) is 0. The zero-order valence-electron chi connectivity index (χ0n) is 8.44. The van der Waals surface area contributed by atoms with Gasteiger partial charge in [-0.05, 0) is 33.0 Å². The fourth-order valence-corrected chi connectivity index (χ4v) is 1.72. The van der Waals surface area contributed by atoms with E-state index >= 15 is 0 Å². The van der Waals surface area contributed by atoms with Crippen LogP contribution >= 0.6 is 0 Å². The molecule has 1 aliphatic rings. The van der Waals surface area contributed by atoms with E-state index in [0.717, 1.165) is 5.82 Å². The third kappa shape index (κ3) is 2.52. The van der Waals surface area contributed by atoms with E-state index < -0.39 is 0 Å². The number of hydrogen-bond acceptors (Lipinski definition) is 5. The van der Waals surface area contributed by atoms with E-state index in [1.165, 1.54) is 32.3 Å². The Morgan fingerprint density at radius 2 is 2.36 bits per heavy atom. The molecule has 0 aliphatic carbocycles. The van der Waals surface area contributed by atoms with Crippen molar-refractivity contribution in [2.24, 2.45) is 0 Å². The SMILES string of the molecule is CN1CCC(NCc2ncon2)CC1. The van der Waals surface area contributed by atoms with Gasteiger partial charge in [0.2, 0.25) is 6.39 Å². The molecule has 2 rings (SSSR count). The summed E-state index contributed by atoms with van der Waals surface area (Å²) in [6, 6.07) is 0.602. The maximum absolute atomic E-state index is 4.66. The van der Waals surface area contributed by atoms with Gasteiger partial charge in [-0.2, -0.15) is 4.98 Å². The number of hydrogen-bond donors (Lipinski definition) is 1. The molecule has 5 nitrogen and oxygen atoms in total. The van der Waals surface area contributed by atoms with Gasteiger partial charge in [0, 0.05) is 6.04 Å². The van der Waals surface area contributed by atoms with Gasteiger partial charge in [0.25, 0.3) is 0 Å². The van der Waals surface area contributed by atoms with Crippen LogP contribution in [0.25, 0.3) is 0 Å². The fraction of sp³-hybridized carbons (Fsp3) is 0.778. The zero-order chi connectivity index (χ0) is 9.80. The molecular formula is C9H16N4O. The van der Waals surface area contributed by atoms with E-state index in [4.69, 9.17) is 0 Å². The first-order valence-corrected chi connectivity index (χ1v) is 5.02. The third-order valence-electron chi connectivity index (χ3n) is 2.67. The van der Waals surface area contributed by atoms with E-state index in [1.807, 2.05) is 0 Å². The second-order valence-electron chi connectivity index (χ2n) is 3.81. The zero-order valence-corrected chi connectivity index (χ0v) is 8.44. The van der Waals surface area contributed by atoms with E-state index in [-0.39, 0.29) is 0 Å². The molecule has 5 heteroatoms. The van der Waals surface area contributed by atoms with Gasteiger partial charge in [-0.15, -0.1) is 0 Å². The largest absolute Gasteiger partial charge is 0.343 e. The number of nitrogens with one attached hydrogen (secondary N) is 1. The van der Waals surface area contributed by atoms with Crippen molar-refractivity contribution in [3.8, 4) is 0 Å². The summed E-state index contributed by atoms with van der Waals surface area (Å²) >= 11 is 0. The molecular weight excluding hydrogens is 180 g/mol. The average Bonchev–Trinajstić information content (AvgIpc) is 2.70. The van der Waals surface area contributed by atoms with Crippen molar-refractivity contribution in [3.63, 3.8) is 0 Å². The molecule has 1 aliphatic heterocycles. The monoisotopic (exact) mass is 196 g/mol. The first-order valence-electron chi connectivity index (χ1n) is 5.02. The lowest BCUT2D eigenvalue weighted by molar-refractivity contribution is 0.233. The summed E-state index contributed by atoms with van der Waals surface area (Å²) < 4.78 is 4.66. The second kappa shape index (κ2) is 4.52. The highest BCUT2D eigenvalue weighted by Crippen LogP contribution is 2.08. The van der Waals surface area contributed by atoms with E-state index in [1.54, 1.807) is 0 Å². The van der Waals surface area contributed by atoms with E-state index in [9.17, 15) is 0 Å². The summed E-state index contributed by atoms with van der Waals surface area (Å²) in [5.74, 6) is 0.740. The Morgan fingerprint density at radius 1 is 1.57 bits per heavy atom. The van der Waals surface area contributed by atoms with Gasteiger partial charge in [-0.1, -0.05) is 5.16 Å². The summed E-state index contributed by atoms with van der Waals surface area (Å²) in [6.45, 7) is 3.05. The normalized spacial score (nSPS) is 20.1. The van der Waals surface area contributed by atoms with Crippen molar-refractivity contribution in [3.05, 3.63) is 12.2 Å². The van der Waals surface area contributed by atoms with Crippen molar-refractivity contribution in [1.82, 2.24) is 20.4 Å². The smallest absolute Gasteiger partial charge is 0.213 e. The Morgan fingerprint density at radius 3 is 3.00 bits per heavy atom. The first kappa shape index (κ1) is 9.61. The van der Waals surface area contributed by atoms with Crippen molar-refractivity contribution >= 4 is 0 Å². The van der Waals surface area contributed by atoms with Crippen LogP contribution in [0.3, 0.4) is 0 Å². The van der Waals surface area contributed by atoms with Crippen LogP contribution in [0.5, 0.6) is 0 Å². The third-order valence-corrected chi connectivity index (χ3v) is 2.67. The van der Waals surface area contributed by atoms with Gasteiger partial charge in [0.1, 0.15) is 0 Å². The Labute approximate surface area is 83.5 Å². The molecule has 1 N–H and O–H groups in total. The van der Waals surface area contributed by atoms with Gasteiger partial charge in [-0.3, -0.25) is 0 Å². The van der Waals surface area contributed by atoms with Gasteiger partial charge in [0.15, 0.2) is 5.82 Å². The maximum atomic E-state index is 4.66. The highest BCUT2D eigenvalue weighted by molar-refractivity contribution is 4.81. The topological polar surface area (TPSA) is 54.2 Å². The van der Waals surface area contributed by atoms with E-state index in [0.29, 0.717) is 12.6 Å². The van der Waals surface area contributed by atoms with Gasteiger partial charge >= 0.3 is 0 Å². The van der Waals surface area contributed by atoms with E-state index in [2.05, 4.69) is 31.9 Å². The summed E-state index contributed by atoms with van der Waals surface area (Å²) in [7, 11) is 2.16. The lowest BCUT2D eigenvalue weighted by atomic mass is 10.1. The molecule has 0 aromatic carbocycles. The molecule has 2 heterocycles. The first-order chi connectivity index (χ1) is 6.84. The number of aromatic nitrogens is 2. The number of rotatable bonds is 3. The average molecular weight is 196 g/mol. The Balaban J connectivity index is 1.71. The van der Waals surface area contributed by atoms with Crippen LogP contribution in [0, 0.1) is 0 Å². The van der Waals surface area contributed by atoms with Crippen LogP contribution in [0.15, 0.2) is 10.9 Å². The molecule has 0 amide bonds. The molecule has 1 saturated heterocycles. The highest BCUT2D eigenvalue weighted by atomic mass is 16.5. The molecule has 1 aromatic rings. The van der Waals surface area contributed by atoms with Crippen LogP contribution < -0.4 is 5.32 Å². The Kier molecular flexibility index (Phi) is 3.10.